The smallest absolute Gasteiger partial charge is 0.354 e. The van der Waals surface area contributed by atoms with E-state index < -0.39 is 0 Å². The maximum absolute atomic E-state index is 11.4. The van der Waals surface area contributed by atoms with Gasteiger partial charge < -0.3 is 9.72 Å². The van der Waals surface area contributed by atoms with Gasteiger partial charge >= 0.3 is 5.97 Å². The molecular weight excluding hydrogens is 254 g/mol. The summed E-state index contributed by atoms with van der Waals surface area (Å²) in [5.74, 6) is -0.348. The molecule has 0 spiro atoms. The normalized spacial score (nSPS) is 12.4. The molecule has 2 rings (SSSR count). The first kappa shape index (κ1) is 14.3. The molecule has 2 aromatic rings. The van der Waals surface area contributed by atoms with Crippen LogP contribution in [0.4, 0.5) is 0 Å². The number of carbonyl (C=O) groups excluding carboxylic acids is 1. The number of hydrogen-bond donors (Lipinski definition) is 1. The van der Waals surface area contributed by atoms with Crippen molar-refractivity contribution in [2.24, 2.45) is 0 Å². The molecule has 0 saturated carbocycles. The molecule has 0 radical (unpaired) electrons. The zero-order valence-electron chi connectivity index (χ0n) is 12.0. The summed E-state index contributed by atoms with van der Waals surface area (Å²) < 4.78 is 4.68. The Morgan fingerprint density at radius 2 is 2.35 bits per heavy atom. The van der Waals surface area contributed by atoms with E-state index >= 15 is 0 Å². The van der Waals surface area contributed by atoms with Gasteiger partial charge in [0, 0.05) is 31.2 Å². The fourth-order valence-electron chi connectivity index (χ4n) is 2.06. The zero-order chi connectivity index (χ0) is 14.5. The Morgan fingerprint density at radius 3 is 3.00 bits per heavy atom. The van der Waals surface area contributed by atoms with E-state index in [4.69, 9.17) is 0 Å². The third-order valence-corrected chi connectivity index (χ3v) is 3.41. The number of hydrogen-bond acceptors (Lipinski definition) is 4. The molecule has 0 aliphatic rings. The van der Waals surface area contributed by atoms with Gasteiger partial charge in [0.05, 0.1) is 7.11 Å². The molecule has 1 atom stereocenters. The Morgan fingerprint density at radius 1 is 1.55 bits per heavy atom. The summed E-state index contributed by atoms with van der Waals surface area (Å²) in [5, 5.41) is 0. The largest absolute Gasteiger partial charge is 0.464 e. The van der Waals surface area contributed by atoms with Crippen LogP contribution in [0.15, 0.2) is 36.8 Å². The molecule has 5 nitrogen and oxygen atoms in total. The van der Waals surface area contributed by atoms with Gasteiger partial charge in [0.25, 0.3) is 0 Å². The highest BCUT2D eigenvalue weighted by Crippen LogP contribution is 2.20. The molecule has 0 aliphatic heterocycles. The van der Waals surface area contributed by atoms with Gasteiger partial charge in [-0.15, -0.1) is 0 Å². The number of aromatic nitrogens is 2. The number of carbonyl (C=O) groups is 1. The lowest BCUT2D eigenvalue weighted by Crippen LogP contribution is -2.21. The SMILES string of the molecule is COC(=O)c1cc(CN(C)[C@H](C)c2cccnc2)c[nH]1. The summed E-state index contributed by atoms with van der Waals surface area (Å²) in [6.45, 7) is 2.87. The number of nitrogens with zero attached hydrogens (tertiary/aromatic N) is 2. The quantitative estimate of drug-likeness (QED) is 0.850. The Hall–Kier alpha value is -2.14. The summed E-state index contributed by atoms with van der Waals surface area (Å²) in [7, 11) is 3.42. The number of pyridine rings is 1. The van der Waals surface area contributed by atoms with Gasteiger partial charge in [-0.25, -0.2) is 4.79 Å². The molecule has 2 aromatic heterocycles. The third kappa shape index (κ3) is 3.24. The maximum Gasteiger partial charge on any atom is 0.354 e. The second-order valence-electron chi connectivity index (χ2n) is 4.79. The summed E-state index contributed by atoms with van der Waals surface area (Å²) in [4.78, 5) is 20.7. The van der Waals surface area contributed by atoms with Crippen molar-refractivity contribution in [3.63, 3.8) is 0 Å². The standard InChI is InChI=1S/C15H19N3O2/c1-11(13-5-4-6-16-9-13)18(2)10-12-7-14(17-8-12)15(19)20-3/h4-9,11,17H,10H2,1-3H3/t11-/m1/s1. The third-order valence-electron chi connectivity index (χ3n) is 3.41. The fourth-order valence-corrected chi connectivity index (χ4v) is 2.06. The van der Waals surface area contributed by atoms with Crippen LogP contribution in [-0.4, -0.2) is 35.0 Å². The van der Waals surface area contributed by atoms with E-state index in [0.29, 0.717) is 5.69 Å². The van der Waals surface area contributed by atoms with Crippen LogP contribution in [0.1, 0.15) is 34.6 Å². The molecule has 1 N–H and O–H groups in total. The van der Waals surface area contributed by atoms with E-state index in [2.05, 4.69) is 32.6 Å². The van der Waals surface area contributed by atoms with Crippen molar-refractivity contribution in [1.29, 1.82) is 0 Å². The number of aromatic amines is 1. The molecule has 0 saturated heterocycles. The van der Waals surface area contributed by atoms with Crippen molar-refractivity contribution in [3.05, 3.63) is 53.6 Å². The molecule has 0 aromatic carbocycles. The first-order chi connectivity index (χ1) is 9.61. The number of esters is 1. The van der Waals surface area contributed by atoms with Crippen molar-refractivity contribution >= 4 is 5.97 Å². The molecule has 0 fully saturated rings. The Bertz CT molecular complexity index is 566. The van der Waals surface area contributed by atoms with Crippen LogP contribution in [0, 0.1) is 0 Å². The van der Waals surface area contributed by atoms with E-state index in [0.717, 1.165) is 12.1 Å². The average molecular weight is 273 g/mol. The van der Waals surface area contributed by atoms with Crippen LogP contribution in [0.25, 0.3) is 0 Å². The van der Waals surface area contributed by atoms with Gasteiger partial charge in [-0.1, -0.05) is 6.07 Å². The minimum Gasteiger partial charge on any atom is -0.464 e. The summed E-state index contributed by atoms with van der Waals surface area (Å²) in [6, 6.07) is 6.06. The maximum atomic E-state index is 11.4. The first-order valence-corrected chi connectivity index (χ1v) is 6.47. The number of H-pyrrole nitrogens is 1. The van der Waals surface area contributed by atoms with Crippen LogP contribution in [0.3, 0.4) is 0 Å². The van der Waals surface area contributed by atoms with Crippen molar-refractivity contribution in [2.45, 2.75) is 19.5 Å². The number of rotatable bonds is 5. The average Bonchev–Trinajstić information content (AvgIpc) is 2.95. The molecular formula is C15H19N3O2. The van der Waals surface area contributed by atoms with Gasteiger partial charge in [0.15, 0.2) is 0 Å². The molecule has 2 heterocycles. The van der Waals surface area contributed by atoms with Crippen LogP contribution in [-0.2, 0) is 11.3 Å². The predicted molar refractivity (Wildman–Crippen MR) is 76.3 cm³/mol. The van der Waals surface area contributed by atoms with Gasteiger partial charge in [-0.2, -0.15) is 0 Å². The second-order valence-corrected chi connectivity index (χ2v) is 4.79. The summed E-state index contributed by atoms with van der Waals surface area (Å²) >= 11 is 0. The lowest BCUT2D eigenvalue weighted by atomic mass is 10.1. The minimum atomic E-state index is -0.348. The second kappa shape index (κ2) is 6.34. The van der Waals surface area contributed by atoms with Crippen LogP contribution in [0.2, 0.25) is 0 Å². The van der Waals surface area contributed by atoms with E-state index in [1.54, 1.807) is 6.20 Å². The first-order valence-electron chi connectivity index (χ1n) is 6.47. The van der Waals surface area contributed by atoms with Crippen molar-refractivity contribution in [3.8, 4) is 0 Å². The van der Waals surface area contributed by atoms with Crippen LogP contribution in [0.5, 0.6) is 0 Å². The van der Waals surface area contributed by atoms with Crippen molar-refractivity contribution in [2.75, 3.05) is 14.2 Å². The monoisotopic (exact) mass is 273 g/mol. The van der Waals surface area contributed by atoms with Gasteiger partial charge in [0.1, 0.15) is 5.69 Å². The zero-order valence-corrected chi connectivity index (χ0v) is 12.0. The number of methoxy groups -OCH3 is 1. The lowest BCUT2D eigenvalue weighted by Gasteiger charge is -2.24. The topological polar surface area (TPSA) is 58.2 Å². The predicted octanol–water partition coefficient (Wildman–Crippen LogP) is 2.39. The molecule has 106 valence electrons. The molecule has 0 aliphatic carbocycles. The van der Waals surface area contributed by atoms with E-state index in [1.165, 1.54) is 12.7 Å². The Kier molecular flexibility index (Phi) is 4.53. The van der Waals surface area contributed by atoms with E-state index in [-0.39, 0.29) is 12.0 Å². The van der Waals surface area contributed by atoms with Gasteiger partial charge in [-0.05, 0) is 37.2 Å². The highest BCUT2D eigenvalue weighted by atomic mass is 16.5. The molecule has 0 amide bonds. The Labute approximate surface area is 118 Å². The minimum absolute atomic E-state index is 0.250. The van der Waals surface area contributed by atoms with Gasteiger partial charge in [0.2, 0.25) is 0 Å². The lowest BCUT2D eigenvalue weighted by molar-refractivity contribution is 0.0595. The van der Waals surface area contributed by atoms with E-state index in [1.807, 2.05) is 31.6 Å². The highest BCUT2D eigenvalue weighted by Gasteiger charge is 2.14. The highest BCUT2D eigenvalue weighted by molar-refractivity contribution is 5.87. The van der Waals surface area contributed by atoms with Crippen molar-refractivity contribution < 1.29 is 9.53 Å². The van der Waals surface area contributed by atoms with Crippen LogP contribution < -0.4 is 0 Å². The fraction of sp³-hybridized carbons (Fsp3) is 0.333. The number of ether oxygens (including phenoxy) is 1. The molecule has 0 unspecified atom stereocenters. The van der Waals surface area contributed by atoms with Gasteiger partial charge in [-0.3, -0.25) is 9.88 Å². The van der Waals surface area contributed by atoms with Crippen LogP contribution >= 0.6 is 0 Å². The Balaban J connectivity index is 2.02. The van der Waals surface area contributed by atoms with E-state index in [9.17, 15) is 4.79 Å². The molecule has 5 heteroatoms. The summed E-state index contributed by atoms with van der Waals surface area (Å²) in [5.41, 5.74) is 2.69. The van der Waals surface area contributed by atoms with Crippen molar-refractivity contribution in [1.82, 2.24) is 14.9 Å². The number of nitrogens with one attached hydrogen (secondary N) is 1. The molecule has 20 heavy (non-hydrogen) atoms. The summed E-state index contributed by atoms with van der Waals surface area (Å²) in [6.07, 6.45) is 5.47. The molecule has 0 bridgehead atoms.